The number of hydrogen-bond donors (Lipinski definition) is 0. The Labute approximate surface area is 319 Å². The summed E-state index contributed by atoms with van der Waals surface area (Å²) >= 11 is 0. The van der Waals surface area contributed by atoms with Gasteiger partial charge in [0.25, 0.3) is 0 Å². The number of para-hydroxylation sites is 1. The average molecular weight is 700 g/mol. The largest absolute Gasteiger partial charge is 0.485 e. The monoisotopic (exact) mass is 699 g/mol. The second kappa shape index (κ2) is 12.0. The van der Waals surface area contributed by atoms with Gasteiger partial charge in [-0.3, -0.25) is 0 Å². The molecule has 0 radical (unpaired) electrons. The van der Waals surface area contributed by atoms with E-state index in [1.54, 1.807) is 5.57 Å². The predicted molar refractivity (Wildman–Crippen MR) is 222 cm³/mol. The van der Waals surface area contributed by atoms with E-state index in [1.807, 2.05) is 0 Å². The van der Waals surface area contributed by atoms with Crippen LogP contribution in [0.25, 0.3) is 11.1 Å². The van der Waals surface area contributed by atoms with Crippen molar-refractivity contribution >= 4 is 5.69 Å². The number of benzene rings is 4. The zero-order valence-electron chi connectivity index (χ0n) is 31.0. The molecule has 7 aliphatic rings. The van der Waals surface area contributed by atoms with E-state index < -0.39 is 0 Å². The van der Waals surface area contributed by atoms with Gasteiger partial charge in [-0.25, -0.2) is 0 Å². The molecule has 2 nitrogen and oxygen atoms in total. The topological polar surface area (TPSA) is 12.5 Å². The van der Waals surface area contributed by atoms with Crippen LogP contribution in [0.15, 0.2) is 192 Å². The number of fused-ring (bicyclic) bond motifs is 8. The number of rotatable bonds is 5. The van der Waals surface area contributed by atoms with Gasteiger partial charge in [-0.05, 0) is 83.0 Å². The van der Waals surface area contributed by atoms with Gasteiger partial charge >= 0.3 is 0 Å². The Hall–Kier alpha value is -5.60. The number of nitrogens with zero attached hydrogens (tertiary/aromatic N) is 1. The molecule has 11 rings (SSSR count). The Bertz CT molecular complexity index is 2460. The number of ether oxygens (including phenoxy) is 1. The molecule has 0 bridgehead atoms. The van der Waals surface area contributed by atoms with Crippen molar-refractivity contribution in [1.29, 1.82) is 0 Å². The second-order valence-corrected chi connectivity index (χ2v) is 16.6. The van der Waals surface area contributed by atoms with E-state index >= 15 is 0 Å². The van der Waals surface area contributed by atoms with Gasteiger partial charge in [0.2, 0.25) is 0 Å². The first-order chi connectivity index (χ1) is 26.5. The molecule has 6 aliphatic carbocycles. The molecule has 6 atom stereocenters. The zero-order valence-corrected chi connectivity index (χ0v) is 31.0. The molecule has 0 N–H and O–H groups in total. The first-order valence-corrected chi connectivity index (χ1v) is 19.9. The highest BCUT2D eigenvalue weighted by molar-refractivity contribution is 5.83. The molecule has 1 aliphatic heterocycles. The minimum absolute atomic E-state index is 0.0326. The molecule has 6 unspecified atom stereocenters. The summed E-state index contributed by atoms with van der Waals surface area (Å²) in [7, 11) is 0. The average Bonchev–Trinajstić information content (AvgIpc) is 3.83. The fraction of sp³-hybridized carbons (Fsp3) is 0.231. The summed E-state index contributed by atoms with van der Waals surface area (Å²) in [4.78, 5) is 2.69. The lowest BCUT2D eigenvalue weighted by Crippen LogP contribution is -2.43. The van der Waals surface area contributed by atoms with Crippen LogP contribution in [0.3, 0.4) is 0 Å². The third-order valence-corrected chi connectivity index (χ3v) is 13.7. The molecular formula is C52H45NO. The summed E-state index contributed by atoms with van der Waals surface area (Å²) in [5, 5.41) is 0. The zero-order chi connectivity index (χ0) is 36.0. The SMILES string of the molecule is CC1(C)c2ccccc2-c2ccc(N(C3=CC=CC4Oc5ccccc5C34)C3C=CC=C(C4(c5ccccc5)C5=C(C=CCC5)C5C=CC=CC54)C3)cc21. The normalized spacial score (nSPS) is 28.7. The first-order valence-electron chi connectivity index (χ1n) is 19.9. The van der Waals surface area contributed by atoms with Crippen LogP contribution in [0, 0.1) is 11.8 Å². The van der Waals surface area contributed by atoms with E-state index in [4.69, 9.17) is 4.74 Å². The van der Waals surface area contributed by atoms with E-state index in [-0.39, 0.29) is 28.9 Å². The van der Waals surface area contributed by atoms with Gasteiger partial charge in [0.15, 0.2) is 0 Å². The minimum Gasteiger partial charge on any atom is -0.485 e. The Morgan fingerprint density at radius 1 is 0.722 bits per heavy atom. The highest BCUT2D eigenvalue weighted by Crippen LogP contribution is 2.62. The van der Waals surface area contributed by atoms with Crippen molar-refractivity contribution in [3.8, 4) is 16.9 Å². The van der Waals surface area contributed by atoms with Gasteiger partial charge in [0.05, 0.1) is 12.0 Å². The van der Waals surface area contributed by atoms with Gasteiger partial charge in [0, 0.05) is 39.6 Å². The molecule has 0 saturated carbocycles. The van der Waals surface area contributed by atoms with Crippen LogP contribution in [-0.2, 0) is 10.8 Å². The summed E-state index contributed by atoms with van der Waals surface area (Å²) in [5.74, 6) is 1.82. The molecule has 264 valence electrons. The maximum Gasteiger partial charge on any atom is 0.130 e. The maximum atomic E-state index is 6.65. The van der Waals surface area contributed by atoms with E-state index in [2.05, 4.69) is 189 Å². The Morgan fingerprint density at radius 3 is 2.44 bits per heavy atom. The van der Waals surface area contributed by atoms with Crippen LogP contribution in [0.1, 0.15) is 61.3 Å². The number of hydrogen-bond acceptors (Lipinski definition) is 2. The Balaban J connectivity index is 1.08. The van der Waals surface area contributed by atoms with Crippen molar-refractivity contribution in [2.45, 2.75) is 62.0 Å². The molecule has 4 aromatic carbocycles. The third-order valence-electron chi connectivity index (χ3n) is 13.7. The van der Waals surface area contributed by atoms with Crippen LogP contribution in [0.2, 0.25) is 0 Å². The molecule has 0 fully saturated rings. The predicted octanol–water partition coefficient (Wildman–Crippen LogP) is 12.0. The first kappa shape index (κ1) is 31.9. The van der Waals surface area contributed by atoms with Crippen molar-refractivity contribution < 1.29 is 4.74 Å². The van der Waals surface area contributed by atoms with Crippen molar-refractivity contribution in [3.05, 3.63) is 215 Å². The van der Waals surface area contributed by atoms with Crippen molar-refractivity contribution in [3.63, 3.8) is 0 Å². The van der Waals surface area contributed by atoms with Gasteiger partial charge in [-0.1, -0.05) is 165 Å². The van der Waals surface area contributed by atoms with Crippen molar-refractivity contribution in [2.75, 3.05) is 4.90 Å². The van der Waals surface area contributed by atoms with Gasteiger partial charge < -0.3 is 9.64 Å². The quantitative estimate of drug-likeness (QED) is 0.206. The molecule has 0 aromatic heterocycles. The standard InChI is InChI=1S/C52H45NO/c1-51(2)43-24-10-6-20-38(43)41-31-30-37(33-46(41)51)53(47-27-15-29-49-50(47)42-23-9-13-28-48(42)54-49)36-19-14-18-35(32-36)52(34-16-4-3-5-17-34)44-25-11-7-21-39(44)40-22-8-12-26-45(40)52/h3-11,13-25,27-31,33,36,39,44,49-50H,12,26,32H2,1-2H3. The lowest BCUT2D eigenvalue weighted by atomic mass is 9.59. The molecule has 0 amide bonds. The van der Waals surface area contributed by atoms with Gasteiger partial charge in [0.1, 0.15) is 11.9 Å². The van der Waals surface area contributed by atoms with E-state index in [0.717, 1.165) is 25.0 Å². The van der Waals surface area contributed by atoms with E-state index in [9.17, 15) is 0 Å². The van der Waals surface area contributed by atoms with Gasteiger partial charge in [-0.15, -0.1) is 0 Å². The number of allylic oxidation sites excluding steroid dienone is 12. The second-order valence-electron chi connectivity index (χ2n) is 16.6. The van der Waals surface area contributed by atoms with Crippen molar-refractivity contribution in [1.82, 2.24) is 0 Å². The molecule has 1 heterocycles. The Kier molecular flexibility index (Phi) is 7.06. The number of anilines is 1. The maximum absolute atomic E-state index is 6.65. The summed E-state index contributed by atoms with van der Waals surface area (Å²) in [6, 6.07) is 36.5. The summed E-state index contributed by atoms with van der Waals surface area (Å²) in [5.41, 5.74) is 15.1. The molecule has 4 aromatic rings. The lowest BCUT2D eigenvalue weighted by molar-refractivity contribution is 0.263. The van der Waals surface area contributed by atoms with E-state index in [0.29, 0.717) is 11.8 Å². The molecule has 0 spiro atoms. The van der Waals surface area contributed by atoms with Crippen LogP contribution < -0.4 is 9.64 Å². The van der Waals surface area contributed by atoms with Crippen LogP contribution in [0.4, 0.5) is 5.69 Å². The summed E-state index contributed by atoms with van der Waals surface area (Å²) in [6.45, 7) is 4.78. The smallest absolute Gasteiger partial charge is 0.130 e. The van der Waals surface area contributed by atoms with Crippen LogP contribution in [-0.4, -0.2) is 12.1 Å². The molecular weight excluding hydrogens is 655 g/mol. The molecule has 0 saturated heterocycles. The molecule has 2 heteroatoms. The fourth-order valence-corrected chi connectivity index (χ4v) is 11.4. The Morgan fingerprint density at radius 2 is 1.52 bits per heavy atom. The highest BCUT2D eigenvalue weighted by Gasteiger charge is 2.55. The molecule has 54 heavy (non-hydrogen) atoms. The van der Waals surface area contributed by atoms with Crippen LogP contribution in [0.5, 0.6) is 5.75 Å². The van der Waals surface area contributed by atoms with Crippen molar-refractivity contribution in [2.24, 2.45) is 11.8 Å². The van der Waals surface area contributed by atoms with E-state index in [1.165, 1.54) is 55.9 Å². The fourth-order valence-electron chi connectivity index (χ4n) is 11.4. The summed E-state index contributed by atoms with van der Waals surface area (Å²) in [6.07, 6.45) is 31.6. The van der Waals surface area contributed by atoms with Gasteiger partial charge in [-0.2, -0.15) is 0 Å². The minimum atomic E-state index is -0.212. The highest BCUT2D eigenvalue weighted by atomic mass is 16.5. The third kappa shape index (κ3) is 4.40. The van der Waals surface area contributed by atoms with Crippen LogP contribution >= 0.6 is 0 Å². The lowest BCUT2D eigenvalue weighted by Gasteiger charge is -2.46. The summed E-state index contributed by atoms with van der Waals surface area (Å²) < 4.78 is 6.65.